The number of amides is 5. The third-order valence-corrected chi connectivity index (χ3v) is 7.31. The molecule has 0 aliphatic rings. The Morgan fingerprint density at radius 1 is 0.531 bits per heavy atom. The molecule has 278 valence electrons. The van der Waals surface area contributed by atoms with E-state index in [0.717, 1.165) is 6.92 Å². The molecule has 0 aromatic heterocycles. The van der Waals surface area contributed by atoms with E-state index >= 15 is 0 Å². The van der Waals surface area contributed by atoms with E-state index in [1.165, 1.54) is 6.92 Å². The fraction of sp³-hybridized carbons (Fsp3) is 0.700. The van der Waals surface area contributed by atoms with Crippen LogP contribution in [-0.4, -0.2) is 124 Å². The number of unbranched alkanes of at least 4 members (excludes halogenated alkanes) is 1. The Balaban J connectivity index is 4.66. The van der Waals surface area contributed by atoms with E-state index in [1.807, 2.05) is 0 Å². The third-order valence-electron chi connectivity index (χ3n) is 7.31. The van der Waals surface area contributed by atoms with Gasteiger partial charge >= 0.3 is 17.9 Å². The number of nitrogens with one attached hydrogen (secondary N) is 6. The average molecular weight is 703 g/mol. The highest BCUT2D eigenvalue weighted by Gasteiger charge is 2.25. The summed E-state index contributed by atoms with van der Waals surface area (Å²) in [5.41, 5.74) is 0. The second-order valence-corrected chi connectivity index (χ2v) is 11.4. The Kier molecular flexibility index (Phi) is 22.2. The molecule has 0 spiro atoms. The summed E-state index contributed by atoms with van der Waals surface area (Å²) < 4.78 is 0. The first-order chi connectivity index (χ1) is 23.0. The van der Waals surface area contributed by atoms with Crippen LogP contribution in [0.1, 0.15) is 84.5 Å². The van der Waals surface area contributed by atoms with Crippen LogP contribution >= 0.6 is 0 Å². The summed E-state index contributed by atoms with van der Waals surface area (Å²) in [6.07, 6.45) is -0.299. The van der Waals surface area contributed by atoms with Gasteiger partial charge in [0.2, 0.25) is 29.5 Å². The molecule has 19 nitrogen and oxygen atoms in total. The van der Waals surface area contributed by atoms with Crippen LogP contribution in [0, 0.1) is 0 Å². The minimum Gasteiger partial charge on any atom is -0.480 e. The number of rotatable bonds is 27. The van der Waals surface area contributed by atoms with Crippen molar-refractivity contribution in [1.29, 1.82) is 0 Å². The molecule has 0 aromatic rings. The lowest BCUT2D eigenvalue weighted by atomic mass is 10.1. The van der Waals surface area contributed by atoms with Gasteiger partial charge in [0.15, 0.2) is 0 Å². The van der Waals surface area contributed by atoms with Crippen molar-refractivity contribution in [3.8, 4) is 0 Å². The van der Waals surface area contributed by atoms with Crippen molar-refractivity contribution in [1.82, 2.24) is 31.9 Å². The highest BCUT2D eigenvalue weighted by atomic mass is 16.4. The predicted molar refractivity (Wildman–Crippen MR) is 171 cm³/mol. The van der Waals surface area contributed by atoms with Crippen molar-refractivity contribution in [3.05, 3.63) is 0 Å². The summed E-state index contributed by atoms with van der Waals surface area (Å²) >= 11 is 0. The highest BCUT2D eigenvalue weighted by Crippen LogP contribution is 2.06. The van der Waals surface area contributed by atoms with Gasteiger partial charge in [0, 0.05) is 39.2 Å². The summed E-state index contributed by atoms with van der Waals surface area (Å²) in [6.45, 7) is 2.34. The molecule has 49 heavy (non-hydrogen) atoms. The zero-order chi connectivity index (χ0) is 37.5. The molecule has 0 bridgehead atoms. The van der Waals surface area contributed by atoms with Crippen LogP contribution < -0.4 is 31.9 Å². The van der Waals surface area contributed by atoms with Crippen molar-refractivity contribution < 1.29 is 63.6 Å². The Morgan fingerprint density at radius 3 is 1.37 bits per heavy atom. The van der Waals surface area contributed by atoms with Gasteiger partial charge in [-0.05, 0) is 58.9 Å². The first-order valence-corrected chi connectivity index (χ1v) is 15.9. The Bertz CT molecular complexity index is 1170. The van der Waals surface area contributed by atoms with Gasteiger partial charge in [0.25, 0.3) is 0 Å². The van der Waals surface area contributed by atoms with Gasteiger partial charge in [-0.3, -0.25) is 28.8 Å². The topological polar surface area (TPSA) is 307 Å². The summed E-state index contributed by atoms with van der Waals surface area (Å²) in [6, 6.07) is -5.41. The van der Waals surface area contributed by atoms with E-state index in [-0.39, 0.29) is 50.4 Å². The molecule has 0 radical (unpaired) electrons. The number of aliphatic carboxylic acids is 3. The Labute approximate surface area is 283 Å². The molecule has 5 atom stereocenters. The van der Waals surface area contributed by atoms with Crippen LogP contribution in [-0.2, 0) is 43.2 Å². The number of carboxylic acid groups (broad SMARTS) is 3. The number of ketones is 1. The lowest BCUT2D eigenvalue weighted by molar-refractivity contribution is -0.143. The standard InChI is InChI=1S/C30H50N6O13/c1-17(38)20(31-3)6-4-5-15-32-24(40)12-8-22(29(46)47)35-26(42)11-7-19(16-37)34-25(41)13-10-23(30(48)49)36-27(43)14-9-21(28(44)45)33-18(2)39/h19-23,31,37H,4-16H2,1-3H3,(H,32,40)(H,33,39)(H,34,41)(H,35,42)(H,36,43)(H,44,45)(H,46,47)(H,48,49)/t19-,20-,21?,22-,23-/m0/s1. The van der Waals surface area contributed by atoms with Crippen LogP contribution in [0.2, 0.25) is 0 Å². The van der Waals surface area contributed by atoms with Gasteiger partial charge in [-0.25, -0.2) is 14.4 Å². The number of aliphatic hydroxyl groups is 1. The van der Waals surface area contributed by atoms with Crippen LogP contribution in [0.4, 0.5) is 0 Å². The lowest BCUT2D eigenvalue weighted by Crippen LogP contribution is -2.44. The molecule has 19 heteroatoms. The van der Waals surface area contributed by atoms with Gasteiger partial charge < -0.3 is 52.3 Å². The summed E-state index contributed by atoms with van der Waals surface area (Å²) in [5, 5.41) is 52.3. The second-order valence-electron chi connectivity index (χ2n) is 11.4. The molecule has 0 fully saturated rings. The maximum Gasteiger partial charge on any atom is 0.326 e. The Hall–Kier alpha value is -4.65. The SMILES string of the molecule is CN[C@@H](CCCCNC(=O)CC[C@H](NC(=O)CC[C@@H](CO)NC(=O)CC[C@H](NC(=O)CCC(NC(C)=O)C(=O)O)C(=O)O)C(=O)O)C(C)=O. The fourth-order valence-corrected chi connectivity index (χ4v) is 4.53. The van der Waals surface area contributed by atoms with Crippen molar-refractivity contribution >= 4 is 53.2 Å². The molecule has 0 aromatic carbocycles. The van der Waals surface area contributed by atoms with Crippen molar-refractivity contribution in [2.75, 3.05) is 20.2 Å². The highest BCUT2D eigenvalue weighted by molar-refractivity contribution is 5.86. The molecular formula is C30H50N6O13. The number of carbonyl (C=O) groups excluding carboxylic acids is 6. The fourth-order valence-electron chi connectivity index (χ4n) is 4.53. The minimum absolute atomic E-state index is 0.0192. The predicted octanol–water partition coefficient (Wildman–Crippen LogP) is -2.22. The number of hydrogen-bond acceptors (Lipinski definition) is 11. The molecule has 0 rings (SSSR count). The van der Waals surface area contributed by atoms with E-state index in [2.05, 4.69) is 31.9 Å². The quantitative estimate of drug-likeness (QED) is 0.0406. The molecule has 0 heterocycles. The van der Waals surface area contributed by atoms with Crippen molar-refractivity contribution in [2.45, 2.75) is 115 Å². The number of likely N-dealkylation sites (N-methyl/N-ethyl adjacent to an activating group) is 1. The summed E-state index contributed by atoms with van der Waals surface area (Å²) in [5.74, 6) is -7.42. The Morgan fingerprint density at radius 2 is 0.959 bits per heavy atom. The first-order valence-electron chi connectivity index (χ1n) is 15.9. The number of aliphatic hydroxyl groups excluding tert-OH is 1. The van der Waals surface area contributed by atoms with E-state index in [0.29, 0.717) is 25.8 Å². The molecular weight excluding hydrogens is 652 g/mol. The average Bonchev–Trinajstić information content (AvgIpc) is 3.02. The normalized spacial score (nSPS) is 13.8. The molecule has 0 aliphatic carbocycles. The lowest BCUT2D eigenvalue weighted by Gasteiger charge is -2.19. The zero-order valence-corrected chi connectivity index (χ0v) is 28.0. The number of carbonyl (C=O) groups is 9. The monoisotopic (exact) mass is 702 g/mol. The van der Waals surface area contributed by atoms with Gasteiger partial charge in [-0.15, -0.1) is 0 Å². The van der Waals surface area contributed by atoms with Crippen LogP contribution in [0.15, 0.2) is 0 Å². The minimum atomic E-state index is -1.50. The molecule has 0 saturated heterocycles. The first kappa shape index (κ1) is 44.4. The van der Waals surface area contributed by atoms with E-state index in [9.17, 15) is 58.5 Å². The molecule has 1 unspecified atom stereocenters. The van der Waals surface area contributed by atoms with E-state index < -0.39 is 91.1 Å². The van der Waals surface area contributed by atoms with E-state index in [1.54, 1.807) is 7.05 Å². The smallest absolute Gasteiger partial charge is 0.326 e. The molecule has 0 aliphatic heterocycles. The second kappa shape index (κ2) is 24.5. The number of carboxylic acids is 3. The summed E-state index contributed by atoms with van der Waals surface area (Å²) in [7, 11) is 1.69. The molecule has 5 amide bonds. The third kappa shape index (κ3) is 21.0. The summed E-state index contributed by atoms with van der Waals surface area (Å²) in [4.78, 5) is 106. The van der Waals surface area contributed by atoms with Crippen LogP contribution in [0.5, 0.6) is 0 Å². The maximum absolute atomic E-state index is 12.4. The number of hydrogen-bond donors (Lipinski definition) is 10. The molecule has 0 saturated carbocycles. The van der Waals surface area contributed by atoms with Gasteiger partial charge in [0.1, 0.15) is 23.9 Å². The maximum atomic E-state index is 12.4. The van der Waals surface area contributed by atoms with Crippen molar-refractivity contribution in [2.24, 2.45) is 0 Å². The van der Waals surface area contributed by atoms with Gasteiger partial charge in [-0.1, -0.05) is 0 Å². The van der Waals surface area contributed by atoms with Crippen molar-refractivity contribution in [3.63, 3.8) is 0 Å². The zero-order valence-electron chi connectivity index (χ0n) is 28.0. The van der Waals surface area contributed by atoms with Gasteiger partial charge in [-0.2, -0.15) is 0 Å². The van der Waals surface area contributed by atoms with E-state index in [4.69, 9.17) is 5.11 Å². The van der Waals surface area contributed by atoms with Gasteiger partial charge in [0.05, 0.1) is 18.7 Å². The van der Waals surface area contributed by atoms with Crippen LogP contribution in [0.3, 0.4) is 0 Å². The number of Topliss-reactive ketones (excluding diaryl/α,β-unsaturated/α-hetero) is 1. The van der Waals surface area contributed by atoms with Crippen LogP contribution in [0.25, 0.3) is 0 Å². The largest absolute Gasteiger partial charge is 0.480 e. The molecule has 10 N–H and O–H groups in total.